The van der Waals surface area contributed by atoms with Crippen molar-refractivity contribution in [1.82, 2.24) is 0 Å². The molecule has 210 valence electrons. The number of benzene rings is 1. The third kappa shape index (κ3) is 3.84. The standard InChI is InChI=1S/C30H36O9/c1-16(31)38-25-24(32)23-19(15-20-18(12-14-37-20)22(23)27(34)36-5)29(4)13-11-21(28(2,3)30(25,29)35)39-26(33)17-9-7-6-8-10-17/h6-10,12,14,19,21-25,32,35H,11,13,15H2,1-5H3. The second-order valence-electron chi connectivity index (χ2n) is 11.9. The van der Waals surface area contributed by atoms with Gasteiger partial charge in [-0.05, 0) is 37.0 Å². The molecular formula is C30H36O9. The molecule has 1 aromatic carbocycles. The fraction of sp³-hybridized carbons (Fsp3) is 0.567. The highest BCUT2D eigenvalue weighted by atomic mass is 16.6. The molecule has 39 heavy (non-hydrogen) atoms. The first-order valence-corrected chi connectivity index (χ1v) is 13.4. The first-order chi connectivity index (χ1) is 18.4. The van der Waals surface area contributed by atoms with E-state index >= 15 is 0 Å². The summed E-state index contributed by atoms with van der Waals surface area (Å²) < 4.78 is 22.6. The molecule has 5 rings (SSSR count). The Morgan fingerprint density at radius 1 is 1.05 bits per heavy atom. The molecule has 1 aromatic heterocycles. The maximum Gasteiger partial charge on any atom is 0.338 e. The molecule has 3 aliphatic carbocycles. The van der Waals surface area contributed by atoms with Crippen molar-refractivity contribution >= 4 is 17.9 Å². The van der Waals surface area contributed by atoms with E-state index < -0.39 is 70.4 Å². The number of hydrogen-bond donors (Lipinski definition) is 2. The van der Waals surface area contributed by atoms with Crippen molar-refractivity contribution < 1.29 is 43.2 Å². The lowest BCUT2D eigenvalue weighted by Gasteiger charge is -2.69. The molecule has 2 aromatic rings. The molecule has 9 nitrogen and oxygen atoms in total. The van der Waals surface area contributed by atoms with Crippen molar-refractivity contribution in [2.45, 2.75) is 76.8 Å². The van der Waals surface area contributed by atoms with Crippen LogP contribution in [-0.2, 0) is 30.2 Å². The summed E-state index contributed by atoms with van der Waals surface area (Å²) in [6.45, 7) is 6.67. The van der Waals surface area contributed by atoms with Crippen LogP contribution in [-0.4, -0.2) is 59.1 Å². The predicted molar refractivity (Wildman–Crippen MR) is 137 cm³/mol. The average molecular weight is 541 g/mol. The smallest absolute Gasteiger partial charge is 0.338 e. The van der Waals surface area contributed by atoms with Crippen LogP contribution in [0.1, 0.15) is 68.1 Å². The maximum absolute atomic E-state index is 13.1. The van der Waals surface area contributed by atoms with E-state index in [4.69, 9.17) is 18.6 Å². The maximum atomic E-state index is 13.1. The van der Waals surface area contributed by atoms with Crippen LogP contribution in [0, 0.1) is 22.7 Å². The Bertz CT molecular complexity index is 1270. The topological polar surface area (TPSA) is 132 Å². The van der Waals surface area contributed by atoms with Gasteiger partial charge in [0.15, 0.2) is 6.10 Å². The number of fused-ring (bicyclic) bond motifs is 4. The molecule has 0 bridgehead atoms. The van der Waals surface area contributed by atoms with Gasteiger partial charge < -0.3 is 28.8 Å². The average Bonchev–Trinajstić information content (AvgIpc) is 3.38. The summed E-state index contributed by atoms with van der Waals surface area (Å²) in [7, 11) is 1.29. The van der Waals surface area contributed by atoms with Gasteiger partial charge in [-0.15, -0.1) is 0 Å². The van der Waals surface area contributed by atoms with Crippen molar-refractivity contribution in [3.05, 3.63) is 59.5 Å². The van der Waals surface area contributed by atoms with Gasteiger partial charge in [0.2, 0.25) is 0 Å². The van der Waals surface area contributed by atoms with E-state index in [2.05, 4.69) is 0 Å². The Balaban J connectivity index is 1.62. The highest BCUT2D eigenvalue weighted by Crippen LogP contribution is 2.67. The zero-order valence-corrected chi connectivity index (χ0v) is 22.9. The summed E-state index contributed by atoms with van der Waals surface area (Å²) in [6, 6.07) is 10.3. The molecule has 8 unspecified atom stereocenters. The molecule has 0 aliphatic heterocycles. The number of carbonyl (C=O) groups is 3. The Morgan fingerprint density at radius 2 is 1.74 bits per heavy atom. The van der Waals surface area contributed by atoms with Gasteiger partial charge in [0, 0.05) is 35.7 Å². The van der Waals surface area contributed by atoms with E-state index in [1.807, 2.05) is 6.92 Å². The van der Waals surface area contributed by atoms with E-state index in [0.29, 0.717) is 36.1 Å². The number of methoxy groups -OCH3 is 1. The number of carbonyl (C=O) groups excluding carboxylic acids is 3. The number of rotatable bonds is 4. The van der Waals surface area contributed by atoms with Crippen LogP contribution in [0.3, 0.4) is 0 Å². The normalized spacial score (nSPS) is 36.5. The van der Waals surface area contributed by atoms with Crippen LogP contribution in [0.15, 0.2) is 47.1 Å². The summed E-state index contributed by atoms with van der Waals surface area (Å²) in [5.41, 5.74) is -2.96. The predicted octanol–water partition coefficient (Wildman–Crippen LogP) is 3.41. The zero-order chi connectivity index (χ0) is 28.3. The molecule has 9 heteroatoms. The second-order valence-corrected chi connectivity index (χ2v) is 11.9. The van der Waals surface area contributed by atoms with E-state index in [0.717, 1.165) is 0 Å². The third-order valence-corrected chi connectivity index (χ3v) is 9.90. The summed E-state index contributed by atoms with van der Waals surface area (Å²) in [4.78, 5) is 38.6. The minimum absolute atomic E-state index is 0.369. The molecule has 0 spiro atoms. The third-order valence-electron chi connectivity index (χ3n) is 9.90. The highest BCUT2D eigenvalue weighted by molar-refractivity contribution is 5.89. The van der Waals surface area contributed by atoms with Crippen LogP contribution in [0.25, 0.3) is 0 Å². The van der Waals surface area contributed by atoms with Crippen molar-refractivity contribution in [2.75, 3.05) is 7.11 Å². The van der Waals surface area contributed by atoms with E-state index in [-0.39, 0.29) is 0 Å². The largest absolute Gasteiger partial charge is 0.469 e. The van der Waals surface area contributed by atoms with Crippen LogP contribution in [0.5, 0.6) is 0 Å². The van der Waals surface area contributed by atoms with E-state index in [9.17, 15) is 24.6 Å². The Hall–Kier alpha value is -3.17. The van der Waals surface area contributed by atoms with Crippen molar-refractivity contribution in [1.29, 1.82) is 0 Å². The molecule has 0 amide bonds. The molecule has 1 heterocycles. The summed E-state index contributed by atoms with van der Waals surface area (Å²) >= 11 is 0. The van der Waals surface area contributed by atoms with Crippen LogP contribution in [0.4, 0.5) is 0 Å². The lowest BCUT2D eigenvalue weighted by molar-refractivity contribution is -0.331. The highest BCUT2D eigenvalue weighted by Gasteiger charge is 2.76. The molecule has 0 radical (unpaired) electrons. The van der Waals surface area contributed by atoms with Gasteiger partial charge in [-0.1, -0.05) is 39.0 Å². The number of ether oxygens (including phenoxy) is 3. The van der Waals surface area contributed by atoms with Gasteiger partial charge in [-0.25, -0.2) is 4.79 Å². The minimum Gasteiger partial charge on any atom is -0.469 e. The number of aliphatic hydroxyl groups is 2. The number of hydrogen-bond acceptors (Lipinski definition) is 9. The molecule has 0 saturated heterocycles. The first-order valence-electron chi connectivity index (χ1n) is 13.4. The Morgan fingerprint density at radius 3 is 2.38 bits per heavy atom. The van der Waals surface area contributed by atoms with Gasteiger partial charge >= 0.3 is 17.9 Å². The lowest BCUT2D eigenvalue weighted by Crippen LogP contribution is -2.79. The van der Waals surface area contributed by atoms with Crippen molar-refractivity contribution in [3.63, 3.8) is 0 Å². The molecular weight excluding hydrogens is 504 g/mol. The Kier molecular flexibility index (Phi) is 6.66. The van der Waals surface area contributed by atoms with Gasteiger partial charge in [-0.2, -0.15) is 0 Å². The Labute approximate surface area is 227 Å². The van der Waals surface area contributed by atoms with Gasteiger partial charge in [0.25, 0.3) is 0 Å². The van der Waals surface area contributed by atoms with Gasteiger partial charge in [-0.3, -0.25) is 9.59 Å². The van der Waals surface area contributed by atoms with E-state index in [1.165, 1.54) is 20.3 Å². The summed E-state index contributed by atoms with van der Waals surface area (Å²) in [5.74, 6) is -3.15. The first kappa shape index (κ1) is 27.4. The quantitative estimate of drug-likeness (QED) is 0.442. The van der Waals surface area contributed by atoms with Crippen LogP contribution >= 0.6 is 0 Å². The minimum atomic E-state index is -1.84. The number of esters is 3. The molecule has 3 aliphatic rings. The fourth-order valence-corrected chi connectivity index (χ4v) is 7.95. The number of furan rings is 1. The monoisotopic (exact) mass is 540 g/mol. The second kappa shape index (κ2) is 9.48. The van der Waals surface area contributed by atoms with Crippen molar-refractivity contribution in [3.8, 4) is 0 Å². The summed E-state index contributed by atoms with van der Waals surface area (Å²) in [6.07, 6.45) is -0.870. The fourth-order valence-electron chi connectivity index (χ4n) is 7.95. The van der Waals surface area contributed by atoms with E-state index in [1.54, 1.807) is 50.2 Å². The molecule has 2 N–H and O–H groups in total. The molecule has 2 fully saturated rings. The van der Waals surface area contributed by atoms with Crippen molar-refractivity contribution in [2.24, 2.45) is 22.7 Å². The summed E-state index contributed by atoms with van der Waals surface area (Å²) in [5, 5.41) is 24.8. The molecule has 2 saturated carbocycles. The lowest BCUT2D eigenvalue weighted by atomic mass is 9.39. The molecule has 8 atom stereocenters. The van der Waals surface area contributed by atoms with Crippen LogP contribution in [0.2, 0.25) is 0 Å². The SMILES string of the molecule is COC(=O)C1c2ccoc2CC2C1C(O)C(OC(C)=O)C1(O)C(C)(C)C(OC(=O)c3ccccc3)CCC21C. The van der Waals surface area contributed by atoms with Crippen LogP contribution < -0.4 is 0 Å². The number of aliphatic hydroxyl groups excluding tert-OH is 1. The zero-order valence-electron chi connectivity index (χ0n) is 22.9. The van der Waals surface area contributed by atoms with Gasteiger partial charge in [0.1, 0.15) is 17.5 Å². The van der Waals surface area contributed by atoms with Gasteiger partial charge in [0.05, 0.1) is 31.0 Å².